The van der Waals surface area contributed by atoms with Gasteiger partial charge >= 0.3 is 0 Å². The van der Waals surface area contributed by atoms with Crippen molar-refractivity contribution < 1.29 is 4.92 Å². The number of hydrogen-bond donors (Lipinski definition) is 0. The first-order valence-corrected chi connectivity index (χ1v) is 10.4. The first kappa shape index (κ1) is 19.7. The molecule has 148 valence electrons. The molecule has 0 aliphatic heterocycles. The van der Waals surface area contributed by atoms with Crippen LogP contribution >= 0.6 is 11.3 Å². The van der Waals surface area contributed by atoms with E-state index in [2.05, 4.69) is 36.2 Å². The fourth-order valence-electron chi connectivity index (χ4n) is 3.06. The summed E-state index contributed by atoms with van der Waals surface area (Å²) in [6.45, 7) is 2.12. The molecule has 0 atom stereocenters. The number of hydrogen-bond acceptors (Lipinski definition) is 5. The van der Waals surface area contributed by atoms with Gasteiger partial charge in [0, 0.05) is 23.9 Å². The summed E-state index contributed by atoms with van der Waals surface area (Å²) in [5.41, 5.74) is 5.04. The highest BCUT2D eigenvalue weighted by Crippen LogP contribution is 2.40. The molecule has 0 saturated heterocycles. The van der Waals surface area contributed by atoms with E-state index in [1.54, 1.807) is 18.3 Å². The van der Waals surface area contributed by atoms with Gasteiger partial charge in [-0.3, -0.25) is 10.1 Å². The van der Waals surface area contributed by atoms with Gasteiger partial charge in [-0.2, -0.15) is 0 Å². The van der Waals surface area contributed by atoms with Gasteiger partial charge in [-0.25, -0.2) is 9.98 Å². The Balaban J connectivity index is 1.76. The van der Waals surface area contributed by atoms with Crippen LogP contribution in [0.1, 0.15) is 18.1 Å². The Morgan fingerprint density at radius 1 is 0.967 bits per heavy atom. The molecule has 4 rings (SSSR count). The summed E-state index contributed by atoms with van der Waals surface area (Å²) in [5.74, 6) is 0. The maximum absolute atomic E-state index is 11.0. The van der Waals surface area contributed by atoms with E-state index in [9.17, 15) is 10.1 Å². The van der Waals surface area contributed by atoms with E-state index in [0.717, 1.165) is 33.7 Å². The van der Waals surface area contributed by atoms with Gasteiger partial charge in [-0.05, 0) is 35.2 Å². The third kappa shape index (κ3) is 4.34. The predicted molar refractivity (Wildman–Crippen MR) is 123 cm³/mol. The van der Waals surface area contributed by atoms with Gasteiger partial charge in [-0.1, -0.05) is 72.9 Å². The van der Waals surface area contributed by atoms with E-state index in [-0.39, 0.29) is 5.69 Å². The van der Waals surface area contributed by atoms with Crippen molar-refractivity contribution in [3.8, 4) is 21.7 Å². The van der Waals surface area contributed by atoms with E-state index in [1.165, 1.54) is 29.0 Å². The van der Waals surface area contributed by atoms with Crippen molar-refractivity contribution in [2.45, 2.75) is 13.3 Å². The first-order chi connectivity index (χ1) is 14.6. The summed E-state index contributed by atoms with van der Waals surface area (Å²) in [5, 5.41) is 11.6. The van der Waals surface area contributed by atoms with Gasteiger partial charge in [0.05, 0.1) is 15.5 Å². The molecule has 0 unspecified atom stereocenters. The molecule has 0 radical (unpaired) electrons. The minimum Gasteiger partial charge on any atom is -0.258 e. The third-order valence-electron chi connectivity index (χ3n) is 4.72. The van der Waals surface area contributed by atoms with Crippen molar-refractivity contribution in [1.29, 1.82) is 0 Å². The van der Waals surface area contributed by atoms with Crippen LogP contribution in [0.15, 0.2) is 83.9 Å². The SMILES string of the molecule is CCc1ccc(-c2nc(N=Cc3ccccc3)sc2-c2ccc([N+](=O)[O-])cc2)cc1. The summed E-state index contributed by atoms with van der Waals surface area (Å²) >= 11 is 1.47. The average Bonchev–Trinajstić information content (AvgIpc) is 3.23. The molecule has 1 heterocycles. The number of rotatable bonds is 6. The van der Waals surface area contributed by atoms with Crippen LogP contribution in [-0.4, -0.2) is 16.1 Å². The second-order valence-electron chi connectivity index (χ2n) is 6.70. The van der Waals surface area contributed by atoms with Crippen molar-refractivity contribution in [1.82, 2.24) is 4.98 Å². The molecule has 0 amide bonds. The van der Waals surface area contributed by atoms with E-state index < -0.39 is 4.92 Å². The van der Waals surface area contributed by atoms with E-state index in [1.807, 2.05) is 30.3 Å². The van der Waals surface area contributed by atoms with Crippen LogP contribution < -0.4 is 0 Å². The number of aliphatic imine (C=N–C) groups is 1. The smallest absolute Gasteiger partial charge is 0.258 e. The van der Waals surface area contributed by atoms with Crippen LogP contribution in [0.3, 0.4) is 0 Å². The second kappa shape index (κ2) is 8.80. The molecule has 0 saturated carbocycles. The van der Waals surface area contributed by atoms with Crippen LogP contribution in [0.5, 0.6) is 0 Å². The normalized spacial score (nSPS) is 11.1. The Morgan fingerprint density at radius 3 is 2.27 bits per heavy atom. The zero-order chi connectivity index (χ0) is 20.9. The number of aromatic nitrogens is 1. The van der Waals surface area contributed by atoms with Crippen molar-refractivity contribution in [2.24, 2.45) is 4.99 Å². The highest BCUT2D eigenvalue weighted by molar-refractivity contribution is 7.19. The van der Waals surface area contributed by atoms with Gasteiger partial charge in [-0.15, -0.1) is 0 Å². The number of benzene rings is 3. The molecule has 5 nitrogen and oxygen atoms in total. The monoisotopic (exact) mass is 413 g/mol. The lowest BCUT2D eigenvalue weighted by Gasteiger charge is -2.04. The van der Waals surface area contributed by atoms with Crippen LogP contribution in [0.25, 0.3) is 21.7 Å². The van der Waals surface area contributed by atoms with Crippen molar-refractivity contribution >= 4 is 28.4 Å². The van der Waals surface area contributed by atoms with Gasteiger partial charge in [0.1, 0.15) is 0 Å². The van der Waals surface area contributed by atoms with Crippen molar-refractivity contribution in [2.75, 3.05) is 0 Å². The van der Waals surface area contributed by atoms with E-state index in [4.69, 9.17) is 4.98 Å². The van der Waals surface area contributed by atoms with Crippen LogP contribution in [0, 0.1) is 10.1 Å². The summed E-state index contributed by atoms with van der Waals surface area (Å²) in [4.78, 5) is 20.9. The predicted octanol–water partition coefficient (Wildman–Crippen LogP) is 6.70. The molecule has 4 aromatic rings. The molecule has 0 spiro atoms. The maximum Gasteiger partial charge on any atom is 0.269 e. The third-order valence-corrected chi connectivity index (χ3v) is 5.73. The molecule has 0 fully saturated rings. The molecule has 30 heavy (non-hydrogen) atoms. The summed E-state index contributed by atoms with van der Waals surface area (Å²) in [6, 6.07) is 24.8. The topological polar surface area (TPSA) is 68.4 Å². The fraction of sp³-hybridized carbons (Fsp3) is 0.0833. The average molecular weight is 414 g/mol. The quantitative estimate of drug-likeness (QED) is 0.201. The van der Waals surface area contributed by atoms with Crippen LogP contribution in [0.4, 0.5) is 10.8 Å². The van der Waals surface area contributed by atoms with E-state index >= 15 is 0 Å². The molecule has 3 aromatic carbocycles. The van der Waals surface area contributed by atoms with E-state index in [0.29, 0.717) is 5.13 Å². The minimum atomic E-state index is -0.392. The number of nitrogens with zero attached hydrogens (tertiary/aromatic N) is 3. The Morgan fingerprint density at radius 2 is 1.63 bits per heavy atom. The first-order valence-electron chi connectivity index (χ1n) is 9.58. The lowest BCUT2D eigenvalue weighted by Crippen LogP contribution is -1.88. The molecule has 6 heteroatoms. The summed E-state index contributed by atoms with van der Waals surface area (Å²) in [7, 11) is 0. The zero-order valence-electron chi connectivity index (χ0n) is 16.4. The Labute approximate surface area is 178 Å². The van der Waals surface area contributed by atoms with Gasteiger partial charge in [0.15, 0.2) is 0 Å². The Hall–Kier alpha value is -3.64. The van der Waals surface area contributed by atoms with Crippen LogP contribution in [-0.2, 0) is 6.42 Å². The molecule has 0 aliphatic carbocycles. The van der Waals surface area contributed by atoms with Gasteiger partial charge in [0.25, 0.3) is 5.69 Å². The highest BCUT2D eigenvalue weighted by atomic mass is 32.1. The van der Waals surface area contributed by atoms with Gasteiger partial charge < -0.3 is 0 Å². The molecule has 0 bridgehead atoms. The van der Waals surface area contributed by atoms with Crippen molar-refractivity contribution in [3.05, 3.63) is 100 Å². The summed E-state index contributed by atoms with van der Waals surface area (Å²) in [6.07, 6.45) is 2.77. The van der Waals surface area contributed by atoms with Crippen LogP contribution in [0.2, 0.25) is 0 Å². The minimum absolute atomic E-state index is 0.0689. The lowest BCUT2D eigenvalue weighted by atomic mass is 10.0. The largest absolute Gasteiger partial charge is 0.269 e. The molecule has 0 N–H and O–H groups in total. The zero-order valence-corrected chi connectivity index (χ0v) is 17.2. The van der Waals surface area contributed by atoms with Gasteiger partial charge in [0.2, 0.25) is 5.13 Å². The fourth-order valence-corrected chi connectivity index (χ4v) is 4.00. The standard InChI is InChI=1S/C24H19N3O2S/c1-2-17-8-10-19(11-9-17)22-23(20-12-14-21(15-13-20)27(28)29)30-24(26-22)25-16-18-6-4-3-5-7-18/h3-16H,2H2,1H3. The molecule has 1 aromatic heterocycles. The molecular formula is C24H19N3O2S. The number of nitro groups is 1. The highest BCUT2D eigenvalue weighted by Gasteiger charge is 2.16. The number of thiazole rings is 1. The van der Waals surface area contributed by atoms with Crippen molar-refractivity contribution in [3.63, 3.8) is 0 Å². The molecule has 0 aliphatic rings. The Kier molecular flexibility index (Phi) is 5.77. The number of nitro benzene ring substituents is 1. The number of aryl methyl sites for hydroxylation is 1. The Bertz CT molecular complexity index is 1180. The summed E-state index contributed by atoms with van der Waals surface area (Å²) < 4.78 is 0. The second-order valence-corrected chi connectivity index (χ2v) is 7.68. The molecular weight excluding hydrogens is 394 g/mol. The number of non-ortho nitro benzene ring substituents is 1. The lowest BCUT2D eigenvalue weighted by molar-refractivity contribution is -0.384. The maximum atomic E-state index is 11.0.